The lowest BCUT2D eigenvalue weighted by molar-refractivity contribution is -0.138. The van der Waals surface area contributed by atoms with E-state index in [9.17, 15) is 39.9 Å². The molecule has 0 fully saturated rings. The van der Waals surface area contributed by atoms with Gasteiger partial charge in [-0.1, -0.05) is 13.8 Å². The summed E-state index contributed by atoms with van der Waals surface area (Å²) >= 11 is 0. The molecule has 0 spiro atoms. The van der Waals surface area contributed by atoms with Gasteiger partial charge < -0.3 is 91.7 Å². The number of aromatic nitrogens is 4. The number of fused-ring (bicyclic) bond motifs is 8. The van der Waals surface area contributed by atoms with Crippen molar-refractivity contribution in [2.45, 2.75) is 141 Å². The van der Waals surface area contributed by atoms with E-state index in [0.29, 0.717) is 35.7 Å². The quantitative estimate of drug-likeness (QED) is 0.0642. The Bertz CT molecular complexity index is 2520. The van der Waals surface area contributed by atoms with Crippen LogP contribution in [0.15, 0.2) is 18.2 Å². The Kier molecular flexibility index (Phi) is 24.2. The zero-order valence-corrected chi connectivity index (χ0v) is 42.8. The van der Waals surface area contributed by atoms with Gasteiger partial charge in [-0.2, -0.15) is 0 Å². The molecule has 0 amide bonds. The van der Waals surface area contributed by atoms with Crippen LogP contribution in [-0.2, 0) is 32.0 Å². The van der Waals surface area contributed by atoms with Gasteiger partial charge in [0.05, 0.1) is 60.6 Å². The maximum atomic E-state index is 12.7. The van der Waals surface area contributed by atoms with Crippen molar-refractivity contribution < 1.29 is 85.5 Å². The van der Waals surface area contributed by atoms with Crippen molar-refractivity contribution in [1.82, 2.24) is 30.6 Å². The number of carboxylic acids is 3. The normalized spacial score (nSPS) is 18.2. The smallest absolute Gasteiger partial charge is 0.338 e. The largest absolute Gasteiger partial charge is 0.481 e. The highest BCUT2D eigenvalue weighted by Gasteiger charge is 2.36. The van der Waals surface area contributed by atoms with Gasteiger partial charge in [0.1, 0.15) is 36.6 Å². The Labute approximate surface area is 422 Å². The fourth-order valence-corrected chi connectivity index (χ4v) is 8.91. The Morgan fingerprint density at radius 3 is 1.68 bits per heavy atom. The summed E-state index contributed by atoms with van der Waals surface area (Å²) in [7, 11) is 3.15. The second-order valence-corrected chi connectivity index (χ2v) is 18.1. The number of nitrogens with one attached hydrogen (secondary N) is 4. The molecule has 0 aliphatic carbocycles. The minimum absolute atomic E-state index is 0.0440. The van der Waals surface area contributed by atoms with Crippen molar-refractivity contribution in [3.05, 3.63) is 68.8 Å². The fraction of sp³-hybridized carbons (Fsp3) is 0.580. The summed E-state index contributed by atoms with van der Waals surface area (Å²) in [5.74, 6) is -4.15. The van der Waals surface area contributed by atoms with Gasteiger partial charge in [-0.25, -0.2) is 9.78 Å². The third-order valence-electron chi connectivity index (χ3n) is 13.0. The maximum absolute atomic E-state index is 12.7. The second-order valence-electron chi connectivity index (χ2n) is 18.1. The second kappa shape index (κ2) is 28.4. The third-order valence-corrected chi connectivity index (χ3v) is 13.0. The zero-order chi connectivity index (χ0) is 55.2. The molecule has 0 saturated carbocycles. The topological polar surface area (TPSA) is 405 Å². The van der Waals surface area contributed by atoms with Crippen LogP contribution in [0.1, 0.15) is 116 Å². The molecule has 5 rings (SSSR count). The first-order chi connectivity index (χ1) is 34.3. The van der Waals surface area contributed by atoms with Gasteiger partial charge in [0.2, 0.25) is 0 Å². The van der Waals surface area contributed by atoms with Crippen LogP contribution in [0.25, 0.3) is 33.2 Å². The van der Waals surface area contributed by atoms with E-state index in [0.717, 1.165) is 44.3 Å². The van der Waals surface area contributed by atoms with Gasteiger partial charge in [0.25, 0.3) is 0 Å². The number of aromatic amines is 2. The molecule has 3 aromatic rings. The van der Waals surface area contributed by atoms with Gasteiger partial charge in [-0.15, -0.1) is 0 Å². The van der Waals surface area contributed by atoms with E-state index in [1.807, 2.05) is 46.8 Å². The fourth-order valence-electron chi connectivity index (χ4n) is 8.91. The van der Waals surface area contributed by atoms with Crippen LogP contribution in [0, 0.1) is 13.8 Å². The molecule has 2 aliphatic rings. The summed E-state index contributed by atoms with van der Waals surface area (Å²) in [6.07, 6.45) is -11.3. The molecule has 0 radical (unpaired) electrons. The number of H-pyrrole nitrogens is 2. The number of carbonyl (C=O) groups is 3. The molecular formula is C50H76N6O17. The minimum Gasteiger partial charge on any atom is -0.481 e. The Balaban J connectivity index is 0.000000443. The molecule has 2 aliphatic heterocycles. The van der Waals surface area contributed by atoms with Crippen LogP contribution in [0.4, 0.5) is 0 Å². The van der Waals surface area contributed by atoms with Crippen molar-refractivity contribution in [3.8, 4) is 0 Å². The zero-order valence-electron chi connectivity index (χ0n) is 42.8. The van der Waals surface area contributed by atoms with E-state index in [1.165, 1.54) is 0 Å². The van der Waals surface area contributed by atoms with E-state index in [4.69, 9.17) is 55.6 Å². The first kappa shape index (κ1) is 62.0. The number of aliphatic hydroxyl groups excluding tert-OH is 10. The standard InChI is InChI=1S/C36H42N4O7.2C7H17NO5/c1-8-21-16(3)24-15-29-32(20(7)47-9-2)18(5)26(38-29)13-25-17(4)22(10-11-30(41)42)34(39-25)23(12-31(43)44)35-33(36(45)46)19(6)27(40-35)14-28(21)37-24;2*1-8-2-4(10)6(12)7(13)5(11)3-9/h13-15,17,20,22,37-38H,8-12H2,1-7H3,(H,41,42)(H,43,44)(H,45,46);2*4-13H,2-3H2,1H3/t17-,20?,22-;2*4-,5+,6+,7+/m000/s1. The molecular weight excluding hydrogens is 957 g/mol. The van der Waals surface area contributed by atoms with Crippen LogP contribution in [0.3, 0.4) is 0 Å². The number of nitrogens with zero attached hydrogens (tertiary/aromatic N) is 2. The highest BCUT2D eigenvalue weighted by molar-refractivity contribution is 6.24. The van der Waals surface area contributed by atoms with E-state index >= 15 is 0 Å². The van der Waals surface area contributed by atoms with Gasteiger partial charge in [0.15, 0.2) is 0 Å². The van der Waals surface area contributed by atoms with Gasteiger partial charge in [0, 0.05) is 76.8 Å². The van der Waals surface area contributed by atoms with Gasteiger partial charge >= 0.3 is 17.9 Å². The minimum atomic E-state index is -1.55. The maximum Gasteiger partial charge on any atom is 0.338 e. The Morgan fingerprint density at radius 1 is 0.699 bits per heavy atom. The average molecular weight is 1030 g/mol. The average Bonchev–Trinajstić information content (AvgIpc) is 4.04. The van der Waals surface area contributed by atoms with E-state index in [2.05, 4.69) is 33.6 Å². The number of aliphatic carboxylic acids is 3. The van der Waals surface area contributed by atoms with E-state index < -0.39 is 92.3 Å². The van der Waals surface area contributed by atoms with Crippen molar-refractivity contribution in [2.75, 3.05) is 47.0 Å². The highest BCUT2D eigenvalue weighted by Crippen LogP contribution is 2.44. The van der Waals surface area contributed by atoms with Gasteiger partial charge in [-0.05, 0) is 102 Å². The summed E-state index contributed by atoms with van der Waals surface area (Å²) in [6.45, 7) is 13.1. The molecule has 23 nitrogen and oxygen atoms in total. The van der Waals surface area contributed by atoms with Crippen molar-refractivity contribution in [1.29, 1.82) is 0 Å². The molecule has 3 aromatic heterocycles. The molecule has 11 atom stereocenters. The number of hydrogen-bond donors (Lipinski definition) is 17. The van der Waals surface area contributed by atoms with Crippen molar-refractivity contribution >= 4 is 51.1 Å². The van der Waals surface area contributed by atoms with Crippen LogP contribution >= 0.6 is 0 Å². The number of aliphatic hydroxyl groups is 10. The third kappa shape index (κ3) is 15.4. The number of likely N-dealkylation sites (N-methyl/N-ethyl adjacent to an activating group) is 2. The highest BCUT2D eigenvalue weighted by atomic mass is 16.5. The van der Waals surface area contributed by atoms with Crippen molar-refractivity contribution in [2.24, 2.45) is 0 Å². The SMILES string of the molecule is CCOC(C)c1c(C)c2cc3nc(c(CC(=O)O)c4nc(cc5[nH]c(cc1[nH]2)c(C)c5CC)C(C)=C4C(=O)O)[C@@H](CCC(=O)O)[C@@H]3C.CNC[C@H](O)[C@@H](O)[C@H](O)[C@H](O)CO.CNC[C@H](O)[C@@H](O)[C@H](O)[C@H](O)CO. The predicted octanol–water partition coefficient (Wildman–Crippen LogP) is 0.269. The molecule has 1 unspecified atom stereocenters. The lowest BCUT2D eigenvalue weighted by atomic mass is 9.84. The van der Waals surface area contributed by atoms with Crippen LogP contribution in [0.2, 0.25) is 0 Å². The van der Waals surface area contributed by atoms with Crippen molar-refractivity contribution in [3.63, 3.8) is 0 Å². The molecule has 73 heavy (non-hydrogen) atoms. The van der Waals surface area contributed by atoms with Crippen LogP contribution in [-0.4, -0.2) is 200 Å². The number of hydrogen-bond acceptors (Lipinski definition) is 18. The molecule has 0 aromatic carbocycles. The number of aryl methyl sites for hydroxylation is 3. The molecule has 0 saturated heterocycles. The predicted molar refractivity (Wildman–Crippen MR) is 269 cm³/mol. The monoisotopic (exact) mass is 1030 g/mol. The first-order valence-corrected chi connectivity index (χ1v) is 24.1. The lowest BCUT2D eigenvalue weighted by Gasteiger charge is -2.25. The number of carboxylic acid groups (broad SMARTS) is 3. The molecule has 5 heterocycles. The number of rotatable bonds is 22. The first-order valence-electron chi connectivity index (χ1n) is 24.1. The summed E-state index contributed by atoms with van der Waals surface area (Å²) in [6, 6.07) is 5.81. The lowest BCUT2D eigenvalue weighted by Crippen LogP contribution is -2.48. The Morgan fingerprint density at radius 2 is 1.22 bits per heavy atom. The van der Waals surface area contributed by atoms with Crippen LogP contribution < -0.4 is 10.6 Å². The molecule has 408 valence electrons. The van der Waals surface area contributed by atoms with E-state index in [1.54, 1.807) is 21.0 Å². The number of allylic oxidation sites excluding steroid dienone is 1. The summed E-state index contributed by atoms with van der Waals surface area (Å²) in [4.78, 5) is 53.7. The number of ether oxygens (including phenoxy) is 1. The summed E-state index contributed by atoms with van der Waals surface area (Å²) in [5, 5.41) is 125. The summed E-state index contributed by atoms with van der Waals surface area (Å²) in [5.41, 5.74) is 9.34. The van der Waals surface area contributed by atoms with Gasteiger partial charge in [-0.3, -0.25) is 14.6 Å². The Hall–Kier alpha value is -5.25. The van der Waals surface area contributed by atoms with Crippen LogP contribution in [0.5, 0.6) is 0 Å². The molecule has 17 N–H and O–H groups in total. The molecule has 23 heteroatoms. The van der Waals surface area contributed by atoms with E-state index in [-0.39, 0.29) is 54.8 Å². The summed E-state index contributed by atoms with van der Waals surface area (Å²) < 4.78 is 6.06. The molecule has 8 bridgehead atoms.